The number of likely N-dealkylation sites (N-methyl/N-ethyl adjacent to an activating group) is 1. The summed E-state index contributed by atoms with van der Waals surface area (Å²) in [7, 11) is 1.99. The number of carbonyl (C=O) groups excluding carboxylic acids is 1. The van der Waals surface area contributed by atoms with E-state index in [9.17, 15) is 4.79 Å². The molecule has 0 aliphatic carbocycles. The van der Waals surface area contributed by atoms with Gasteiger partial charge in [0.25, 0.3) is 0 Å². The molecule has 1 N–H and O–H groups in total. The van der Waals surface area contributed by atoms with Crippen LogP contribution >= 0.6 is 12.4 Å². The molecule has 0 radical (unpaired) electrons. The van der Waals surface area contributed by atoms with Gasteiger partial charge in [0.05, 0.1) is 0 Å². The first-order valence-electron chi connectivity index (χ1n) is 5.80. The van der Waals surface area contributed by atoms with E-state index in [2.05, 4.69) is 36.5 Å². The smallest absolute Gasteiger partial charge is 0.129 e. The Morgan fingerprint density at radius 1 is 1.29 bits per heavy atom. The summed E-state index contributed by atoms with van der Waals surface area (Å²) < 4.78 is 0. The Bertz CT molecular complexity index is 288. The Morgan fingerprint density at radius 3 is 2.12 bits per heavy atom. The van der Waals surface area contributed by atoms with Gasteiger partial charge in [-0.15, -0.1) is 12.4 Å². The first-order chi connectivity index (χ1) is 7.60. The summed E-state index contributed by atoms with van der Waals surface area (Å²) >= 11 is 0. The fourth-order valence-electron chi connectivity index (χ4n) is 1.07. The van der Waals surface area contributed by atoms with Crippen molar-refractivity contribution in [3.05, 3.63) is 35.9 Å². The van der Waals surface area contributed by atoms with Crippen molar-refractivity contribution in [3.63, 3.8) is 0 Å². The molecule has 1 atom stereocenters. The van der Waals surface area contributed by atoms with Gasteiger partial charge in [-0.1, -0.05) is 37.3 Å². The summed E-state index contributed by atoms with van der Waals surface area (Å²) in [6, 6.07) is 11.1. The highest BCUT2D eigenvalue weighted by Crippen LogP contribution is 2.01. The molecular weight excluding hydrogens is 234 g/mol. The second-order valence-electron chi connectivity index (χ2n) is 3.94. The van der Waals surface area contributed by atoms with Gasteiger partial charge in [0, 0.05) is 12.5 Å². The van der Waals surface area contributed by atoms with Crippen LogP contribution in [0.3, 0.4) is 0 Å². The lowest BCUT2D eigenvalue weighted by Crippen LogP contribution is -2.23. The van der Waals surface area contributed by atoms with E-state index >= 15 is 0 Å². The summed E-state index contributed by atoms with van der Waals surface area (Å²) in [5.74, 6) is 0.255. The number of rotatable bonds is 4. The van der Waals surface area contributed by atoms with Gasteiger partial charge in [0.15, 0.2) is 0 Å². The maximum atomic E-state index is 9.81. The quantitative estimate of drug-likeness (QED) is 0.897. The van der Waals surface area contributed by atoms with E-state index in [1.165, 1.54) is 5.56 Å². The minimum atomic E-state index is 0. The SMILES string of the molecule is CCC(C)=O.CN[C@@H](C)Cc1ccccc1.Cl. The Kier molecular flexibility index (Phi) is 12.6. The monoisotopic (exact) mass is 257 g/mol. The third-order valence-electron chi connectivity index (χ3n) is 2.38. The van der Waals surface area contributed by atoms with Gasteiger partial charge in [-0.25, -0.2) is 0 Å². The Labute approximate surface area is 111 Å². The molecule has 0 unspecified atom stereocenters. The molecule has 0 bridgehead atoms. The molecule has 1 rings (SSSR count). The van der Waals surface area contributed by atoms with Crippen LogP contribution in [-0.2, 0) is 11.2 Å². The van der Waals surface area contributed by atoms with E-state index in [0.717, 1.165) is 6.42 Å². The number of halogens is 1. The number of benzene rings is 1. The van der Waals surface area contributed by atoms with Gasteiger partial charge in [-0.05, 0) is 32.9 Å². The van der Waals surface area contributed by atoms with E-state index < -0.39 is 0 Å². The van der Waals surface area contributed by atoms with Crippen LogP contribution in [-0.4, -0.2) is 18.9 Å². The van der Waals surface area contributed by atoms with Crippen LogP contribution in [0.25, 0.3) is 0 Å². The van der Waals surface area contributed by atoms with Crippen LogP contribution < -0.4 is 5.32 Å². The molecule has 1 aromatic carbocycles. The van der Waals surface area contributed by atoms with Crippen LogP contribution in [0, 0.1) is 0 Å². The number of ketones is 1. The number of hydrogen-bond acceptors (Lipinski definition) is 2. The molecule has 1 aromatic rings. The highest BCUT2D eigenvalue weighted by atomic mass is 35.5. The van der Waals surface area contributed by atoms with Gasteiger partial charge < -0.3 is 10.1 Å². The van der Waals surface area contributed by atoms with Crippen molar-refractivity contribution < 1.29 is 4.79 Å². The third-order valence-corrected chi connectivity index (χ3v) is 2.38. The van der Waals surface area contributed by atoms with E-state index in [1.54, 1.807) is 6.92 Å². The van der Waals surface area contributed by atoms with Gasteiger partial charge >= 0.3 is 0 Å². The molecule has 0 saturated carbocycles. The van der Waals surface area contributed by atoms with E-state index in [-0.39, 0.29) is 18.2 Å². The Hall–Kier alpha value is -0.860. The molecule has 3 heteroatoms. The largest absolute Gasteiger partial charge is 0.317 e. The van der Waals surface area contributed by atoms with Crippen molar-refractivity contribution in [1.29, 1.82) is 0 Å². The van der Waals surface area contributed by atoms with Gasteiger partial charge in [0.1, 0.15) is 5.78 Å². The molecule has 17 heavy (non-hydrogen) atoms. The van der Waals surface area contributed by atoms with Crippen molar-refractivity contribution in [2.75, 3.05) is 7.05 Å². The molecule has 0 aliphatic rings. The molecule has 0 aromatic heterocycles. The predicted octanol–water partition coefficient (Wildman–Crippen LogP) is 3.24. The zero-order valence-corrected chi connectivity index (χ0v) is 12.0. The van der Waals surface area contributed by atoms with Crippen LogP contribution in [0.2, 0.25) is 0 Å². The molecule has 98 valence electrons. The molecule has 0 aliphatic heterocycles. The lowest BCUT2D eigenvalue weighted by molar-refractivity contribution is -0.116. The normalized spacial score (nSPS) is 10.6. The number of Topliss-reactive ketones (excluding diaryl/α,β-unsaturated/α-hetero) is 1. The zero-order chi connectivity index (χ0) is 12.4. The van der Waals surface area contributed by atoms with Gasteiger partial charge in [-0.2, -0.15) is 0 Å². The predicted molar refractivity (Wildman–Crippen MR) is 76.9 cm³/mol. The number of hydrogen-bond donors (Lipinski definition) is 1. The van der Waals surface area contributed by atoms with E-state index in [0.29, 0.717) is 12.5 Å². The molecule has 0 fully saturated rings. The zero-order valence-electron chi connectivity index (χ0n) is 11.2. The van der Waals surface area contributed by atoms with E-state index in [4.69, 9.17) is 0 Å². The minimum absolute atomic E-state index is 0. The fraction of sp³-hybridized carbons (Fsp3) is 0.500. The maximum absolute atomic E-state index is 9.81. The molecule has 0 saturated heterocycles. The lowest BCUT2D eigenvalue weighted by atomic mass is 10.1. The van der Waals surface area contributed by atoms with Gasteiger partial charge in [0.2, 0.25) is 0 Å². The average molecular weight is 258 g/mol. The number of nitrogens with one attached hydrogen (secondary N) is 1. The van der Waals surface area contributed by atoms with Crippen LogP contribution in [0.5, 0.6) is 0 Å². The van der Waals surface area contributed by atoms with Crippen LogP contribution in [0.15, 0.2) is 30.3 Å². The second-order valence-corrected chi connectivity index (χ2v) is 3.94. The maximum Gasteiger partial charge on any atom is 0.129 e. The highest BCUT2D eigenvalue weighted by molar-refractivity contribution is 5.85. The fourth-order valence-corrected chi connectivity index (χ4v) is 1.07. The number of carbonyl (C=O) groups is 1. The molecule has 0 amide bonds. The van der Waals surface area contributed by atoms with Crippen molar-refractivity contribution >= 4 is 18.2 Å². The van der Waals surface area contributed by atoms with Gasteiger partial charge in [-0.3, -0.25) is 0 Å². The lowest BCUT2D eigenvalue weighted by Gasteiger charge is -2.08. The third kappa shape index (κ3) is 11.4. The highest BCUT2D eigenvalue weighted by Gasteiger charge is 1.97. The Balaban J connectivity index is 0. The van der Waals surface area contributed by atoms with Crippen LogP contribution in [0.4, 0.5) is 0 Å². The summed E-state index contributed by atoms with van der Waals surface area (Å²) in [5, 5.41) is 3.21. The molecule has 0 heterocycles. The average Bonchev–Trinajstić information content (AvgIpc) is 2.31. The summed E-state index contributed by atoms with van der Waals surface area (Å²) in [5.41, 5.74) is 1.40. The first kappa shape index (κ1) is 18.5. The minimum Gasteiger partial charge on any atom is -0.317 e. The van der Waals surface area contributed by atoms with Crippen molar-refractivity contribution in [1.82, 2.24) is 5.32 Å². The molecule has 0 spiro atoms. The summed E-state index contributed by atoms with van der Waals surface area (Å²) in [4.78, 5) is 9.81. The Morgan fingerprint density at radius 2 is 1.76 bits per heavy atom. The second kappa shape index (κ2) is 11.6. The summed E-state index contributed by atoms with van der Waals surface area (Å²) in [6.07, 6.45) is 1.78. The van der Waals surface area contributed by atoms with Crippen molar-refractivity contribution in [2.24, 2.45) is 0 Å². The van der Waals surface area contributed by atoms with Crippen molar-refractivity contribution in [2.45, 2.75) is 39.7 Å². The standard InChI is InChI=1S/C10H15N.C4H8O.ClH/c1-9(11-2)8-10-6-4-3-5-7-10;1-3-4(2)5;/h3-7,9,11H,8H2,1-2H3;3H2,1-2H3;1H/t9-;;/m0../s1. The van der Waals surface area contributed by atoms with Crippen LogP contribution in [0.1, 0.15) is 32.8 Å². The molecular formula is C14H24ClNO. The van der Waals surface area contributed by atoms with Crippen molar-refractivity contribution in [3.8, 4) is 0 Å². The molecule has 2 nitrogen and oxygen atoms in total. The summed E-state index contributed by atoms with van der Waals surface area (Å²) in [6.45, 7) is 5.62. The van der Waals surface area contributed by atoms with E-state index in [1.807, 2.05) is 20.0 Å². The topological polar surface area (TPSA) is 29.1 Å². The first-order valence-corrected chi connectivity index (χ1v) is 5.80.